The van der Waals surface area contributed by atoms with Crippen molar-refractivity contribution in [1.29, 1.82) is 0 Å². The number of nitrogens with two attached hydrogens (primary N) is 1. The Labute approximate surface area is 102 Å². The molecule has 0 saturated carbocycles. The van der Waals surface area contributed by atoms with E-state index in [1.807, 2.05) is 13.8 Å². The van der Waals surface area contributed by atoms with Crippen LogP contribution in [0.1, 0.15) is 13.8 Å². The van der Waals surface area contributed by atoms with Gasteiger partial charge in [-0.15, -0.1) is 0 Å². The van der Waals surface area contributed by atoms with Gasteiger partial charge in [0.2, 0.25) is 0 Å². The Morgan fingerprint density at radius 1 is 1.53 bits per heavy atom. The second-order valence-corrected chi connectivity index (χ2v) is 3.84. The normalized spacial score (nSPS) is 10.3. The van der Waals surface area contributed by atoms with E-state index in [9.17, 15) is 4.79 Å². The van der Waals surface area contributed by atoms with Gasteiger partial charge in [-0.3, -0.25) is 4.79 Å². The third kappa shape index (κ3) is 3.42. The Kier molecular flexibility index (Phi) is 4.90. The number of rotatable bonds is 6. The topological polar surface area (TPSA) is 64.2 Å². The SMILES string of the molecule is C=C(CN)Cn1ncc(N(CC)CC)cc1=O. The van der Waals surface area contributed by atoms with E-state index in [4.69, 9.17) is 5.73 Å². The Morgan fingerprint density at radius 2 is 2.18 bits per heavy atom. The highest BCUT2D eigenvalue weighted by molar-refractivity contribution is 5.42. The van der Waals surface area contributed by atoms with Crippen molar-refractivity contribution in [3.8, 4) is 0 Å². The van der Waals surface area contributed by atoms with Crippen LogP contribution in [-0.2, 0) is 6.54 Å². The van der Waals surface area contributed by atoms with Gasteiger partial charge in [0.1, 0.15) is 0 Å². The minimum atomic E-state index is -0.121. The third-order valence-electron chi connectivity index (χ3n) is 2.65. The first kappa shape index (κ1) is 13.4. The number of hydrogen-bond acceptors (Lipinski definition) is 4. The van der Waals surface area contributed by atoms with Crippen molar-refractivity contribution < 1.29 is 0 Å². The molecule has 0 bridgehead atoms. The van der Waals surface area contributed by atoms with Crippen LogP contribution < -0.4 is 16.2 Å². The summed E-state index contributed by atoms with van der Waals surface area (Å²) in [7, 11) is 0. The van der Waals surface area contributed by atoms with Gasteiger partial charge in [0.05, 0.1) is 18.4 Å². The van der Waals surface area contributed by atoms with Gasteiger partial charge >= 0.3 is 0 Å². The predicted molar refractivity (Wildman–Crippen MR) is 70.3 cm³/mol. The summed E-state index contributed by atoms with van der Waals surface area (Å²) in [5, 5.41) is 4.13. The minimum absolute atomic E-state index is 0.121. The van der Waals surface area contributed by atoms with Crippen LogP contribution in [0.15, 0.2) is 29.2 Å². The second kappa shape index (κ2) is 6.20. The lowest BCUT2D eigenvalue weighted by Crippen LogP contribution is -2.28. The molecule has 0 atom stereocenters. The van der Waals surface area contributed by atoms with Gasteiger partial charge in [-0.25, -0.2) is 4.68 Å². The minimum Gasteiger partial charge on any atom is -0.371 e. The molecule has 1 aromatic heterocycles. The molecule has 94 valence electrons. The van der Waals surface area contributed by atoms with Gasteiger partial charge in [-0.1, -0.05) is 6.58 Å². The highest BCUT2D eigenvalue weighted by Gasteiger charge is 2.05. The van der Waals surface area contributed by atoms with Gasteiger partial charge in [0, 0.05) is 25.7 Å². The van der Waals surface area contributed by atoms with Crippen molar-refractivity contribution >= 4 is 5.69 Å². The lowest BCUT2D eigenvalue weighted by molar-refractivity contribution is 0.624. The molecule has 0 unspecified atom stereocenters. The summed E-state index contributed by atoms with van der Waals surface area (Å²) in [6.07, 6.45) is 1.71. The van der Waals surface area contributed by atoms with E-state index in [1.165, 1.54) is 4.68 Å². The standard InChI is InChI=1S/C12H20N4O/c1-4-15(5-2)11-6-12(17)16(14-8-11)9-10(3)7-13/h6,8H,3-5,7,9,13H2,1-2H3. The van der Waals surface area contributed by atoms with Crippen LogP contribution in [0.4, 0.5) is 5.69 Å². The molecular weight excluding hydrogens is 216 g/mol. The quantitative estimate of drug-likeness (QED) is 0.735. The zero-order chi connectivity index (χ0) is 12.8. The molecule has 0 fully saturated rings. The van der Waals surface area contributed by atoms with Crippen LogP contribution >= 0.6 is 0 Å². The molecule has 1 aromatic rings. The molecule has 0 saturated heterocycles. The summed E-state index contributed by atoms with van der Waals surface area (Å²) in [4.78, 5) is 13.9. The molecule has 5 heteroatoms. The molecule has 0 aromatic carbocycles. The lowest BCUT2D eigenvalue weighted by Gasteiger charge is -2.20. The van der Waals surface area contributed by atoms with E-state index >= 15 is 0 Å². The van der Waals surface area contributed by atoms with Crippen molar-refractivity contribution in [2.45, 2.75) is 20.4 Å². The molecule has 2 N–H and O–H groups in total. The maximum atomic E-state index is 11.8. The largest absolute Gasteiger partial charge is 0.371 e. The smallest absolute Gasteiger partial charge is 0.269 e. The number of nitrogens with zero attached hydrogens (tertiary/aromatic N) is 3. The number of aromatic nitrogens is 2. The fraction of sp³-hybridized carbons (Fsp3) is 0.500. The zero-order valence-corrected chi connectivity index (χ0v) is 10.5. The van der Waals surface area contributed by atoms with Gasteiger partial charge < -0.3 is 10.6 Å². The zero-order valence-electron chi connectivity index (χ0n) is 10.5. The first-order chi connectivity index (χ1) is 8.12. The maximum Gasteiger partial charge on any atom is 0.269 e. The van der Waals surface area contributed by atoms with E-state index in [0.717, 1.165) is 24.4 Å². The summed E-state index contributed by atoms with van der Waals surface area (Å²) in [6.45, 7) is 10.3. The van der Waals surface area contributed by atoms with Crippen LogP contribution in [0.5, 0.6) is 0 Å². The predicted octanol–water partition coefficient (Wildman–Crippen LogP) is 0.604. The van der Waals surface area contributed by atoms with E-state index in [2.05, 4.69) is 16.6 Å². The summed E-state index contributed by atoms with van der Waals surface area (Å²) in [5.74, 6) is 0. The van der Waals surface area contributed by atoms with E-state index in [0.29, 0.717) is 13.1 Å². The van der Waals surface area contributed by atoms with Crippen LogP contribution in [0.2, 0.25) is 0 Å². The van der Waals surface area contributed by atoms with Crippen LogP contribution in [0, 0.1) is 0 Å². The summed E-state index contributed by atoms with van der Waals surface area (Å²) < 4.78 is 1.38. The average molecular weight is 236 g/mol. The maximum absolute atomic E-state index is 11.8. The summed E-state index contributed by atoms with van der Waals surface area (Å²) >= 11 is 0. The summed E-state index contributed by atoms with van der Waals surface area (Å²) in [5.41, 5.74) is 6.96. The number of anilines is 1. The van der Waals surface area contributed by atoms with Gasteiger partial charge in [0.15, 0.2) is 0 Å². The Morgan fingerprint density at radius 3 is 2.65 bits per heavy atom. The van der Waals surface area contributed by atoms with Crippen molar-refractivity contribution in [3.63, 3.8) is 0 Å². The van der Waals surface area contributed by atoms with Crippen molar-refractivity contribution in [3.05, 3.63) is 34.8 Å². The Balaban J connectivity index is 2.93. The van der Waals surface area contributed by atoms with Crippen molar-refractivity contribution in [2.24, 2.45) is 5.73 Å². The molecule has 0 aliphatic carbocycles. The first-order valence-corrected chi connectivity index (χ1v) is 5.81. The summed E-state index contributed by atoms with van der Waals surface area (Å²) in [6, 6.07) is 1.60. The lowest BCUT2D eigenvalue weighted by atomic mass is 10.3. The van der Waals surface area contributed by atoms with Crippen molar-refractivity contribution in [1.82, 2.24) is 9.78 Å². The van der Waals surface area contributed by atoms with Gasteiger partial charge in [0.25, 0.3) is 5.56 Å². The molecule has 5 nitrogen and oxygen atoms in total. The molecule has 17 heavy (non-hydrogen) atoms. The Bertz CT molecular complexity index is 434. The average Bonchev–Trinajstić information content (AvgIpc) is 2.33. The fourth-order valence-electron chi connectivity index (χ4n) is 1.58. The second-order valence-electron chi connectivity index (χ2n) is 3.84. The fourth-order valence-corrected chi connectivity index (χ4v) is 1.58. The van der Waals surface area contributed by atoms with E-state index in [-0.39, 0.29) is 5.56 Å². The van der Waals surface area contributed by atoms with Crippen LogP contribution in [0.3, 0.4) is 0 Å². The molecule has 0 amide bonds. The Hall–Kier alpha value is -1.62. The van der Waals surface area contributed by atoms with Gasteiger partial charge in [-0.2, -0.15) is 5.10 Å². The van der Waals surface area contributed by atoms with E-state index < -0.39 is 0 Å². The molecule has 0 aliphatic heterocycles. The van der Waals surface area contributed by atoms with Crippen molar-refractivity contribution in [2.75, 3.05) is 24.5 Å². The first-order valence-electron chi connectivity index (χ1n) is 5.81. The highest BCUT2D eigenvalue weighted by atomic mass is 16.1. The highest BCUT2D eigenvalue weighted by Crippen LogP contribution is 2.08. The van der Waals surface area contributed by atoms with Crippen LogP contribution in [0.25, 0.3) is 0 Å². The third-order valence-corrected chi connectivity index (χ3v) is 2.65. The molecule has 1 rings (SSSR count). The van der Waals surface area contributed by atoms with Crippen LogP contribution in [-0.4, -0.2) is 29.4 Å². The van der Waals surface area contributed by atoms with Gasteiger partial charge in [-0.05, 0) is 19.4 Å². The molecule has 0 radical (unpaired) electrons. The molecule has 0 spiro atoms. The number of hydrogen-bond donors (Lipinski definition) is 1. The van der Waals surface area contributed by atoms with E-state index in [1.54, 1.807) is 12.3 Å². The molecular formula is C12H20N4O. The molecule has 0 aliphatic rings. The monoisotopic (exact) mass is 236 g/mol. The molecule has 1 heterocycles.